The molecule has 7 nitrogen and oxygen atoms in total. The van der Waals surface area contributed by atoms with Crippen molar-refractivity contribution in [1.29, 1.82) is 0 Å². The van der Waals surface area contributed by atoms with E-state index in [1.807, 2.05) is 6.08 Å². The highest BCUT2D eigenvalue weighted by Gasteiger charge is 2.21. The summed E-state index contributed by atoms with van der Waals surface area (Å²) in [5.74, 6) is 1.52. The number of carbonyl (C=O) groups excluding carboxylic acids is 1. The van der Waals surface area contributed by atoms with Crippen LogP contribution in [0.15, 0.2) is 47.5 Å². The van der Waals surface area contributed by atoms with Crippen molar-refractivity contribution in [1.82, 2.24) is 0 Å². The molecule has 1 fully saturated rings. The number of hydrogen-bond acceptors (Lipinski definition) is 6. The molecule has 3 rings (SSSR count). The highest BCUT2D eigenvalue weighted by molar-refractivity contribution is 6.14. The van der Waals surface area contributed by atoms with Gasteiger partial charge in [0.25, 0.3) is 5.69 Å². The summed E-state index contributed by atoms with van der Waals surface area (Å²) in [4.78, 5) is 23.4. The summed E-state index contributed by atoms with van der Waals surface area (Å²) >= 11 is 0. The third-order valence-corrected chi connectivity index (χ3v) is 4.95. The lowest BCUT2D eigenvalue weighted by molar-refractivity contribution is -0.384. The third-order valence-electron chi connectivity index (χ3n) is 4.95. The number of Topliss-reactive ketones (excluding diaryl/α,β-unsaturated/α-hetero) is 1. The molecule has 7 heteroatoms. The van der Waals surface area contributed by atoms with Gasteiger partial charge in [0.15, 0.2) is 17.3 Å². The van der Waals surface area contributed by atoms with E-state index in [0.29, 0.717) is 41.2 Å². The Bertz CT molecular complexity index is 995. The van der Waals surface area contributed by atoms with Crippen LogP contribution in [0.2, 0.25) is 0 Å². The topological polar surface area (TPSA) is 87.9 Å². The van der Waals surface area contributed by atoms with Crippen molar-refractivity contribution in [2.75, 3.05) is 21.3 Å². The van der Waals surface area contributed by atoms with Crippen molar-refractivity contribution in [3.05, 3.63) is 68.8 Å². The minimum Gasteiger partial charge on any atom is -0.493 e. The molecular formula is C23H23NO6. The van der Waals surface area contributed by atoms with Gasteiger partial charge in [-0.2, -0.15) is 0 Å². The number of methoxy groups -OCH3 is 3. The molecule has 2 aromatic carbocycles. The number of nitrogens with zero attached hydrogens (tertiary/aromatic N) is 1. The lowest BCUT2D eigenvalue weighted by Crippen LogP contribution is -2.12. The number of ether oxygens (including phenoxy) is 3. The van der Waals surface area contributed by atoms with Gasteiger partial charge in [0.2, 0.25) is 5.75 Å². The largest absolute Gasteiger partial charge is 0.493 e. The Kier molecular flexibility index (Phi) is 6.51. The fourth-order valence-corrected chi connectivity index (χ4v) is 3.46. The first kappa shape index (κ1) is 21.1. The van der Waals surface area contributed by atoms with Crippen LogP contribution in [0.25, 0.3) is 12.2 Å². The fraction of sp³-hybridized carbons (Fsp3) is 0.261. The number of non-ortho nitro benzene ring substituents is 1. The van der Waals surface area contributed by atoms with Gasteiger partial charge in [-0.25, -0.2) is 0 Å². The highest BCUT2D eigenvalue weighted by atomic mass is 16.6. The van der Waals surface area contributed by atoms with E-state index in [9.17, 15) is 14.9 Å². The summed E-state index contributed by atoms with van der Waals surface area (Å²) < 4.78 is 16.1. The normalized spacial score (nSPS) is 16.6. The molecule has 1 aliphatic rings. The molecule has 0 spiro atoms. The van der Waals surface area contributed by atoms with E-state index in [1.165, 1.54) is 12.1 Å². The maximum Gasteiger partial charge on any atom is 0.269 e. The quantitative estimate of drug-likeness (QED) is 0.385. The first-order valence-corrected chi connectivity index (χ1v) is 9.47. The zero-order chi connectivity index (χ0) is 21.7. The van der Waals surface area contributed by atoms with Crippen LogP contribution < -0.4 is 14.2 Å². The van der Waals surface area contributed by atoms with Gasteiger partial charge in [-0.3, -0.25) is 14.9 Å². The molecule has 0 aromatic heterocycles. The number of nitro groups is 1. The SMILES string of the molecule is COc1cc(/C=C2\CCC/C(=C\c3ccc([N+](=O)[O-])cc3)C2=O)cc(OC)c1OC. The molecule has 156 valence electrons. The average molecular weight is 409 g/mol. The number of ketones is 1. The summed E-state index contributed by atoms with van der Waals surface area (Å²) in [6.45, 7) is 0. The summed E-state index contributed by atoms with van der Waals surface area (Å²) in [5.41, 5.74) is 2.95. The zero-order valence-corrected chi connectivity index (χ0v) is 17.1. The van der Waals surface area contributed by atoms with Crippen molar-refractivity contribution < 1.29 is 23.9 Å². The number of allylic oxidation sites excluding steroid dienone is 2. The van der Waals surface area contributed by atoms with Crippen molar-refractivity contribution in [3.8, 4) is 17.2 Å². The summed E-state index contributed by atoms with van der Waals surface area (Å²) in [6.07, 6.45) is 5.83. The first-order valence-electron chi connectivity index (χ1n) is 9.47. The average Bonchev–Trinajstić information content (AvgIpc) is 2.76. The minimum atomic E-state index is -0.444. The summed E-state index contributed by atoms with van der Waals surface area (Å²) in [7, 11) is 4.63. The first-order chi connectivity index (χ1) is 14.5. The molecule has 0 atom stereocenters. The van der Waals surface area contributed by atoms with Gasteiger partial charge in [0.05, 0.1) is 26.3 Å². The molecule has 1 aliphatic carbocycles. The molecule has 0 radical (unpaired) electrons. The number of benzene rings is 2. The maximum atomic E-state index is 13.0. The van der Waals surface area contributed by atoms with Gasteiger partial charge >= 0.3 is 0 Å². The van der Waals surface area contributed by atoms with Crippen LogP contribution in [-0.4, -0.2) is 32.0 Å². The lowest BCUT2D eigenvalue weighted by Gasteiger charge is -2.17. The van der Waals surface area contributed by atoms with Crippen LogP contribution in [0.3, 0.4) is 0 Å². The van der Waals surface area contributed by atoms with Crippen LogP contribution in [0, 0.1) is 10.1 Å². The standard InChI is InChI=1S/C23H23NO6/c1-28-20-13-16(14-21(29-2)23(20)30-3)12-18-6-4-5-17(22(18)25)11-15-7-9-19(10-8-15)24(26)27/h7-14H,4-6H2,1-3H3/b17-11+,18-12+. The van der Waals surface area contributed by atoms with Crippen molar-refractivity contribution in [2.45, 2.75) is 19.3 Å². The molecule has 1 saturated carbocycles. The molecule has 2 aromatic rings. The molecule has 0 saturated heterocycles. The summed E-state index contributed by atoms with van der Waals surface area (Å²) in [6, 6.07) is 9.77. The fourth-order valence-electron chi connectivity index (χ4n) is 3.46. The van der Waals surface area contributed by atoms with Gasteiger partial charge in [-0.05, 0) is 66.8 Å². The Hall–Kier alpha value is -3.61. The van der Waals surface area contributed by atoms with Crippen molar-refractivity contribution in [3.63, 3.8) is 0 Å². The molecule has 0 bridgehead atoms. The van der Waals surface area contributed by atoms with Crippen LogP contribution >= 0.6 is 0 Å². The number of hydrogen-bond donors (Lipinski definition) is 0. The molecule has 0 aliphatic heterocycles. The Morgan fingerprint density at radius 3 is 1.87 bits per heavy atom. The minimum absolute atomic E-state index is 0.0200. The molecular weight excluding hydrogens is 386 g/mol. The van der Waals surface area contributed by atoms with E-state index in [4.69, 9.17) is 14.2 Å². The highest BCUT2D eigenvalue weighted by Crippen LogP contribution is 2.39. The Labute approximate surface area is 174 Å². The van der Waals surface area contributed by atoms with Crippen LogP contribution in [0.1, 0.15) is 30.4 Å². The maximum absolute atomic E-state index is 13.0. The number of nitro benzene ring substituents is 1. The smallest absolute Gasteiger partial charge is 0.269 e. The molecule has 0 N–H and O–H groups in total. The Morgan fingerprint density at radius 1 is 0.867 bits per heavy atom. The Balaban J connectivity index is 1.91. The molecule has 30 heavy (non-hydrogen) atoms. The lowest BCUT2D eigenvalue weighted by atomic mass is 9.87. The van der Waals surface area contributed by atoms with E-state index in [2.05, 4.69) is 0 Å². The number of carbonyl (C=O) groups is 1. The predicted octanol–water partition coefficient (Wildman–Crippen LogP) is 4.84. The Morgan fingerprint density at radius 2 is 1.40 bits per heavy atom. The van der Waals surface area contributed by atoms with E-state index >= 15 is 0 Å². The van der Waals surface area contributed by atoms with Crippen molar-refractivity contribution in [2.24, 2.45) is 0 Å². The second-order valence-electron chi connectivity index (χ2n) is 6.83. The van der Waals surface area contributed by atoms with Gasteiger partial charge in [0, 0.05) is 23.3 Å². The molecule has 0 heterocycles. The van der Waals surface area contributed by atoms with E-state index in [0.717, 1.165) is 17.5 Å². The monoisotopic (exact) mass is 409 g/mol. The predicted molar refractivity (Wildman–Crippen MR) is 114 cm³/mol. The van der Waals surface area contributed by atoms with Crippen LogP contribution in [0.4, 0.5) is 5.69 Å². The second-order valence-corrected chi connectivity index (χ2v) is 6.83. The molecule has 0 unspecified atom stereocenters. The van der Waals surface area contributed by atoms with Crippen LogP contribution in [-0.2, 0) is 4.79 Å². The zero-order valence-electron chi connectivity index (χ0n) is 17.1. The van der Waals surface area contributed by atoms with E-state index in [-0.39, 0.29) is 11.5 Å². The van der Waals surface area contributed by atoms with Gasteiger partial charge in [-0.1, -0.05) is 0 Å². The van der Waals surface area contributed by atoms with Crippen molar-refractivity contribution >= 4 is 23.6 Å². The molecule has 0 amide bonds. The van der Waals surface area contributed by atoms with Gasteiger partial charge in [-0.15, -0.1) is 0 Å². The van der Waals surface area contributed by atoms with E-state index in [1.54, 1.807) is 51.7 Å². The third kappa shape index (κ3) is 4.51. The van der Waals surface area contributed by atoms with Gasteiger partial charge in [0.1, 0.15) is 0 Å². The number of rotatable bonds is 6. The van der Waals surface area contributed by atoms with Gasteiger partial charge < -0.3 is 14.2 Å². The van der Waals surface area contributed by atoms with E-state index < -0.39 is 4.92 Å². The van der Waals surface area contributed by atoms with Crippen LogP contribution in [0.5, 0.6) is 17.2 Å². The second kappa shape index (κ2) is 9.26. The summed E-state index contributed by atoms with van der Waals surface area (Å²) in [5, 5.41) is 10.8.